The molecule has 2 amide bonds. The Kier molecular flexibility index (Phi) is 7.65. The Labute approximate surface area is 220 Å². The lowest BCUT2D eigenvalue weighted by Crippen LogP contribution is -2.71. The Bertz CT molecular complexity index is 1280. The number of nitrogens with two attached hydrogens (primary N) is 1. The first kappa shape index (κ1) is 26.4. The van der Waals surface area contributed by atoms with Crippen LogP contribution in [0.2, 0.25) is 0 Å². The molecule has 0 unspecified atom stereocenters. The smallest absolute Gasteiger partial charge is 0.352 e. The van der Waals surface area contributed by atoms with E-state index in [9.17, 15) is 19.5 Å². The van der Waals surface area contributed by atoms with Gasteiger partial charge in [-0.2, -0.15) is 9.36 Å². The molecule has 0 spiro atoms. The number of nitrogen functional groups attached to an aromatic ring is 1. The largest absolute Gasteiger partial charge is 0.477 e. The van der Waals surface area contributed by atoms with E-state index in [0.717, 1.165) is 23.6 Å². The number of allylic oxidation sites excluding steroid dienone is 1. The van der Waals surface area contributed by atoms with Gasteiger partial charge in [0.15, 0.2) is 5.13 Å². The predicted octanol–water partition coefficient (Wildman–Crippen LogP) is 0.635. The zero-order chi connectivity index (χ0) is 26.7. The predicted molar refractivity (Wildman–Crippen MR) is 136 cm³/mol. The number of anilines is 1. The number of fused-ring (bicyclic) bond motifs is 1. The van der Waals surface area contributed by atoms with Crippen LogP contribution in [-0.2, 0) is 25.8 Å². The van der Waals surface area contributed by atoms with Crippen LogP contribution in [0.1, 0.15) is 11.4 Å². The minimum Gasteiger partial charge on any atom is -0.477 e. The van der Waals surface area contributed by atoms with E-state index in [1.807, 2.05) is 12.1 Å². The molecule has 0 aliphatic carbocycles. The minimum absolute atomic E-state index is 0.0329. The van der Waals surface area contributed by atoms with E-state index in [1.54, 1.807) is 18.6 Å². The Morgan fingerprint density at radius 3 is 2.86 bits per heavy atom. The highest BCUT2D eigenvalue weighted by Crippen LogP contribution is 2.40. The second-order valence-corrected chi connectivity index (χ2v) is 10.8. The number of nitrogens with one attached hydrogen (secondary N) is 1. The maximum atomic E-state index is 13.0. The number of carboxylic acids is 1. The number of amides is 2. The van der Waals surface area contributed by atoms with Crippen molar-refractivity contribution in [1.82, 2.24) is 19.6 Å². The minimum atomic E-state index is -1.21. The van der Waals surface area contributed by atoms with Crippen LogP contribution in [0.5, 0.6) is 0 Å². The summed E-state index contributed by atoms with van der Waals surface area (Å²) < 4.78 is 9.71. The summed E-state index contributed by atoms with van der Waals surface area (Å²) in [5, 5.41) is 15.7. The highest BCUT2D eigenvalue weighted by atomic mass is 32.2. The summed E-state index contributed by atoms with van der Waals surface area (Å²) in [7, 11) is 5.36. The van der Waals surface area contributed by atoms with E-state index in [2.05, 4.69) is 33.9 Å². The third-order valence-corrected chi connectivity index (χ3v) is 7.49. The number of aromatic nitrogens is 2. The van der Waals surface area contributed by atoms with E-state index >= 15 is 0 Å². The lowest BCUT2D eigenvalue weighted by atomic mass is 10.0. The number of hydrogen-bond acceptors (Lipinski definition) is 11. The van der Waals surface area contributed by atoms with Crippen LogP contribution in [0.3, 0.4) is 0 Å². The van der Waals surface area contributed by atoms with Gasteiger partial charge in [0, 0.05) is 22.8 Å². The van der Waals surface area contributed by atoms with E-state index in [0.29, 0.717) is 22.4 Å². The van der Waals surface area contributed by atoms with Crippen LogP contribution in [-0.4, -0.2) is 92.3 Å². The average molecular weight is 549 g/mol. The lowest BCUT2D eigenvalue weighted by molar-refractivity contribution is -0.897. The molecule has 1 saturated heterocycles. The van der Waals surface area contributed by atoms with Crippen molar-refractivity contribution in [3.63, 3.8) is 0 Å². The van der Waals surface area contributed by atoms with Gasteiger partial charge in [0.05, 0.1) is 33.2 Å². The molecule has 0 saturated carbocycles. The normalized spacial score (nSPS) is 20.1. The number of β-lactam (4-membered cyclic amide) rings is 1. The van der Waals surface area contributed by atoms with Crippen LogP contribution in [0, 0.1) is 0 Å². The van der Waals surface area contributed by atoms with Crippen molar-refractivity contribution >= 4 is 51.9 Å². The quantitative estimate of drug-likeness (QED) is 0.165. The molecule has 0 radical (unpaired) electrons. The molecule has 0 bridgehead atoms. The van der Waals surface area contributed by atoms with Gasteiger partial charge in [0.1, 0.15) is 30.8 Å². The molecule has 2 aliphatic rings. The molecule has 37 heavy (non-hydrogen) atoms. The number of aliphatic carboxylic acids is 1. The third kappa shape index (κ3) is 5.68. The molecule has 1 fully saturated rings. The van der Waals surface area contributed by atoms with Crippen molar-refractivity contribution in [3.8, 4) is 0 Å². The summed E-state index contributed by atoms with van der Waals surface area (Å²) in [5.41, 5.74) is 6.85. The standard InChI is InChI=1S/C22H25N7O6S2/c1-29(2,9-12-6-8-35-10-12)7-4-5-13-11-36-20-15(19(31)28(20)16(13)21(32)33)24-18(30)14(26-34-3)17-25-22(23)37-27-17/h4-6,8,10,15,20H,7,9,11H2,1-3H3,(H3-,23,24,25,27,30,32,33)/p+1/b5-4+,26-14-/t15-,20+/m1/s1. The van der Waals surface area contributed by atoms with Crippen molar-refractivity contribution in [2.75, 3.05) is 39.2 Å². The number of carbonyl (C=O) groups is 3. The summed E-state index contributed by atoms with van der Waals surface area (Å²) in [5.74, 6) is -2.15. The van der Waals surface area contributed by atoms with E-state index in [4.69, 9.17) is 15.0 Å². The SMILES string of the molecule is CO/N=C(\C(=O)N[C@@H]1C(=O)N2C(C(=O)O)=C(/C=C/C[N+](C)(C)Cc3ccoc3)CS[C@@H]12)c1nsc(N)n1. The fourth-order valence-corrected chi connectivity index (χ4v) is 5.76. The maximum Gasteiger partial charge on any atom is 0.352 e. The van der Waals surface area contributed by atoms with Crippen LogP contribution in [0.25, 0.3) is 0 Å². The van der Waals surface area contributed by atoms with Crippen molar-refractivity contribution in [1.29, 1.82) is 0 Å². The molecule has 4 N–H and O–H groups in total. The molecule has 2 atom stereocenters. The molecular weight excluding hydrogens is 522 g/mol. The zero-order valence-corrected chi connectivity index (χ0v) is 21.9. The van der Waals surface area contributed by atoms with E-state index < -0.39 is 29.2 Å². The second-order valence-electron chi connectivity index (χ2n) is 8.93. The van der Waals surface area contributed by atoms with Crippen LogP contribution in [0.4, 0.5) is 5.13 Å². The molecule has 15 heteroatoms. The number of hydrogen-bond donors (Lipinski definition) is 3. The lowest BCUT2D eigenvalue weighted by Gasteiger charge is -2.49. The van der Waals surface area contributed by atoms with Gasteiger partial charge in [-0.25, -0.2) is 4.79 Å². The molecule has 0 aromatic carbocycles. The summed E-state index contributed by atoms with van der Waals surface area (Å²) in [6.07, 6.45) is 6.98. The van der Waals surface area contributed by atoms with Crippen LogP contribution >= 0.6 is 23.3 Å². The number of rotatable bonds is 10. The van der Waals surface area contributed by atoms with Crippen molar-refractivity contribution < 1.29 is 33.2 Å². The fraction of sp³-hybridized carbons (Fsp3) is 0.364. The molecule has 4 rings (SSSR count). The van der Waals surface area contributed by atoms with E-state index in [1.165, 1.54) is 23.8 Å². The van der Waals surface area contributed by atoms with Gasteiger partial charge in [0.2, 0.25) is 11.5 Å². The van der Waals surface area contributed by atoms with Crippen molar-refractivity contribution in [3.05, 3.63) is 53.4 Å². The summed E-state index contributed by atoms with van der Waals surface area (Å²) >= 11 is 2.25. The summed E-state index contributed by atoms with van der Waals surface area (Å²) in [6.45, 7) is 1.38. The molecule has 13 nitrogen and oxygen atoms in total. The first-order chi connectivity index (χ1) is 17.6. The Hall–Kier alpha value is -3.69. The Morgan fingerprint density at radius 2 is 2.24 bits per heavy atom. The summed E-state index contributed by atoms with van der Waals surface area (Å²) in [4.78, 5) is 47.8. The molecule has 196 valence electrons. The number of thioether (sulfide) groups is 1. The second kappa shape index (κ2) is 10.7. The van der Waals surface area contributed by atoms with Gasteiger partial charge < -0.3 is 29.9 Å². The van der Waals surface area contributed by atoms with Gasteiger partial charge in [-0.05, 0) is 17.7 Å². The van der Waals surface area contributed by atoms with Crippen LogP contribution < -0.4 is 11.1 Å². The van der Waals surface area contributed by atoms with Gasteiger partial charge in [-0.15, -0.1) is 11.8 Å². The number of nitrogens with zero attached hydrogens (tertiary/aromatic N) is 5. The Morgan fingerprint density at radius 1 is 1.46 bits per heavy atom. The van der Waals surface area contributed by atoms with Gasteiger partial charge in [-0.1, -0.05) is 11.2 Å². The monoisotopic (exact) mass is 548 g/mol. The number of quaternary nitrogens is 1. The highest BCUT2D eigenvalue weighted by Gasteiger charge is 2.54. The zero-order valence-electron chi connectivity index (χ0n) is 20.3. The van der Waals surface area contributed by atoms with Gasteiger partial charge in [-0.3, -0.25) is 14.5 Å². The molecule has 2 aromatic heterocycles. The molecule has 4 heterocycles. The molecular formula is C22H26N7O6S2+. The third-order valence-electron chi connectivity index (χ3n) is 5.65. The Balaban J connectivity index is 1.46. The molecule has 2 aromatic rings. The maximum absolute atomic E-state index is 13.0. The number of oxime groups is 1. The topological polar surface area (TPSA) is 173 Å². The first-order valence-electron chi connectivity index (χ1n) is 11.0. The average Bonchev–Trinajstić information content (AvgIpc) is 3.51. The number of carboxylic acid groups (broad SMARTS) is 1. The van der Waals surface area contributed by atoms with Crippen molar-refractivity contribution in [2.45, 2.75) is 18.0 Å². The van der Waals surface area contributed by atoms with Crippen molar-refractivity contribution in [2.24, 2.45) is 5.16 Å². The fourth-order valence-electron chi connectivity index (χ4n) is 4.01. The van der Waals surface area contributed by atoms with Gasteiger partial charge >= 0.3 is 5.97 Å². The number of likely N-dealkylation sites (N-methyl/N-ethyl adjacent to an activating group) is 1. The number of carbonyl (C=O) groups excluding carboxylic acids is 2. The van der Waals surface area contributed by atoms with Gasteiger partial charge in [0.25, 0.3) is 11.8 Å². The summed E-state index contributed by atoms with van der Waals surface area (Å²) in [6, 6.07) is 0.964. The molecule has 2 aliphatic heterocycles. The van der Waals surface area contributed by atoms with E-state index in [-0.39, 0.29) is 22.4 Å². The van der Waals surface area contributed by atoms with Crippen LogP contribution in [0.15, 0.2) is 51.6 Å². The number of furan rings is 1. The highest BCUT2D eigenvalue weighted by molar-refractivity contribution is 8.00. The first-order valence-corrected chi connectivity index (χ1v) is 12.9.